The van der Waals surface area contributed by atoms with Crippen LogP contribution >= 0.6 is 23.2 Å². The summed E-state index contributed by atoms with van der Waals surface area (Å²) >= 11 is 12.2. The van der Waals surface area contributed by atoms with Gasteiger partial charge in [-0.15, -0.1) is 0 Å². The quantitative estimate of drug-likeness (QED) is 0.189. The Hall–Kier alpha value is -3.56. The van der Waals surface area contributed by atoms with Crippen LogP contribution in [0.3, 0.4) is 0 Å². The summed E-state index contributed by atoms with van der Waals surface area (Å²) < 4.78 is 0. The lowest BCUT2D eigenvalue weighted by molar-refractivity contribution is -0.384. The number of Topliss-reactive ketones (excluding diaryl/α,β-unsaturated/α-hetero) is 1. The highest BCUT2D eigenvalue weighted by atomic mass is 35.5. The van der Waals surface area contributed by atoms with E-state index in [9.17, 15) is 29.3 Å². The first-order valence-corrected chi connectivity index (χ1v) is 11.5. The van der Waals surface area contributed by atoms with Crippen LogP contribution in [0.1, 0.15) is 27.1 Å². The fourth-order valence-electron chi connectivity index (χ4n) is 5.18. The van der Waals surface area contributed by atoms with Crippen LogP contribution in [0.4, 0.5) is 5.69 Å². The molecule has 2 bridgehead atoms. The molecule has 0 unspecified atom stereocenters. The Balaban J connectivity index is 1.52. The van der Waals surface area contributed by atoms with Crippen molar-refractivity contribution in [2.75, 3.05) is 6.54 Å². The van der Waals surface area contributed by atoms with Gasteiger partial charge in [-0.05, 0) is 36.5 Å². The molecule has 9 nitrogen and oxygen atoms in total. The van der Waals surface area contributed by atoms with E-state index >= 15 is 0 Å². The van der Waals surface area contributed by atoms with Gasteiger partial charge in [0, 0.05) is 22.7 Å². The molecule has 11 heteroatoms. The van der Waals surface area contributed by atoms with Crippen molar-refractivity contribution in [3.05, 3.63) is 85.9 Å². The van der Waals surface area contributed by atoms with Crippen molar-refractivity contribution in [1.29, 1.82) is 0 Å². The van der Waals surface area contributed by atoms with Gasteiger partial charge in [0.05, 0.1) is 27.3 Å². The summed E-state index contributed by atoms with van der Waals surface area (Å²) in [5, 5.41) is 12.9. The fraction of sp³-hybridized carbons (Fsp3) is 0.250. The maximum absolute atomic E-state index is 13.6. The third kappa shape index (κ3) is 3.81. The number of halogens is 2. The van der Waals surface area contributed by atoms with Crippen molar-refractivity contribution in [3.8, 4) is 0 Å². The van der Waals surface area contributed by atoms with Crippen LogP contribution in [-0.2, 0) is 9.59 Å². The molecule has 1 saturated heterocycles. The number of hydrogen-bond donors (Lipinski definition) is 0. The SMILES string of the molecule is O=C(CN(C(=O)c1ccc(Cl)cc1Cl)N1C(=O)[C@H]2[C@H](C1=O)[C@H]1C=C[C@H]2C1)c1cccc([N+](=O)[O-])c1. The molecule has 3 amide bonds. The van der Waals surface area contributed by atoms with E-state index < -0.39 is 46.8 Å². The topological polar surface area (TPSA) is 118 Å². The van der Waals surface area contributed by atoms with E-state index in [0.717, 1.165) is 16.1 Å². The molecule has 1 saturated carbocycles. The minimum Gasteiger partial charge on any atom is -0.292 e. The summed E-state index contributed by atoms with van der Waals surface area (Å²) in [6.45, 7) is -0.696. The lowest BCUT2D eigenvalue weighted by Gasteiger charge is -2.31. The number of nitro benzene ring substituents is 1. The molecular formula is C24H17Cl2N3O6. The minimum atomic E-state index is -0.840. The molecule has 1 heterocycles. The van der Waals surface area contributed by atoms with E-state index in [4.69, 9.17) is 23.2 Å². The molecule has 3 aliphatic rings. The molecule has 2 aliphatic carbocycles. The predicted molar refractivity (Wildman–Crippen MR) is 124 cm³/mol. The zero-order valence-electron chi connectivity index (χ0n) is 18.0. The zero-order valence-corrected chi connectivity index (χ0v) is 19.5. The number of amides is 3. The van der Waals surface area contributed by atoms with E-state index in [0.29, 0.717) is 6.42 Å². The molecule has 5 rings (SSSR count). The van der Waals surface area contributed by atoms with E-state index in [1.54, 1.807) is 0 Å². The number of allylic oxidation sites excluding steroid dienone is 2. The Labute approximate surface area is 209 Å². The molecule has 178 valence electrons. The number of carbonyl (C=O) groups excluding carboxylic acids is 4. The first-order chi connectivity index (χ1) is 16.7. The van der Waals surface area contributed by atoms with Crippen LogP contribution < -0.4 is 0 Å². The molecule has 0 spiro atoms. The molecule has 2 fully saturated rings. The number of imide groups is 1. The number of non-ortho nitro benzene ring substituents is 1. The van der Waals surface area contributed by atoms with E-state index in [-0.39, 0.29) is 38.7 Å². The van der Waals surface area contributed by atoms with E-state index in [2.05, 4.69) is 0 Å². The van der Waals surface area contributed by atoms with Crippen LogP contribution in [0.2, 0.25) is 10.0 Å². The highest BCUT2D eigenvalue weighted by Crippen LogP contribution is 2.52. The van der Waals surface area contributed by atoms with Gasteiger partial charge in [0.25, 0.3) is 23.4 Å². The van der Waals surface area contributed by atoms with Gasteiger partial charge in [0.15, 0.2) is 5.78 Å². The number of rotatable bonds is 6. The summed E-state index contributed by atoms with van der Waals surface area (Å²) in [7, 11) is 0. The third-order valence-electron chi connectivity index (χ3n) is 6.76. The van der Waals surface area contributed by atoms with Crippen molar-refractivity contribution in [1.82, 2.24) is 10.0 Å². The number of nitrogens with zero attached hydrogens (tertiary/aromatic N) is 3. The second kappa shape index (κ2) is 8.58. The predicted octanol–water partition coefficient (Wildman–Crippen LogP) is 3.95. The lowest BCUT2D eigenvalue weighted by atomic mass is 9.85. The number of fused-ring (bicyclic) bond motifs is 5. The summed E-state index contributed by atoms with van der Waals surface area (Å²) in [4.78, 5) is 64.0. The third-order valence-corrected chi connectivity index (χ3v) is 7.30. The average Bonchev–Trinajstić information content (AvgIpc) is 3.51. The van der Waals surface area contributed by atoms with Gasteiger partial charge in [-0.3, -0.25) is 29.3 Å². The fourth-order valence-corrected chi connectivity index (χ4v) is 5.67. The highest BCUT2D eigenvalue weighted by Gasteiger charge is 2.61. The Bertz CT molecular complexity index is 1310. The molecular weight excluding hydrogens is 497 g/mol. The Morgan fingerprint density at radius 2 is 1.69 bits per heavy atom. The number of carbonyl (C=O) groups is 4. The molecule has 4 atom stereocenters. The number of nitro groups is 1. The van der Waals surface area contributed by atoms with Gasteiger partial charge >= 0.3 is 0 Å². The molecule has 0 N–H and O–H groups in total. The molecule has 0 radical (unpaired) electrons. The first kappa shape index (κ1) is 23.2. The summed E-state index contributed by atoms with van der Waals surface area (Å²) in [5.74, 6) is -4.03. The van der Waals surface area contributed by atoms with Crippen LogP contribution in [0.5, 0.6) is 0 Å². The Morgan fingerprint density at radius 1 is 1.03 bits per heavy atom. The number of hydrazine groups is 1. The van der Waals surface area contributed by atoms with Crippen molar-refractivity contribution in [3.63, 3.8) is 0 Å². The van der Waals surface area contributed by atoms with Crippen LogP contribution in [-0.4, -0.2) is 45.0 Å². The number of benzene rings is 2. The van der Waals surface area contributed by atoms with E-state index in [1.165, 1.54) is 36.4 Å². The average molecular weight is 514 g/mol. The molecule has 2 aromatic rings. The number of hydrogen-bond acceptors (Lipinski definition) is 6. The maximum atomic E-state index is 13.6. The first-order valence-electron chi connectivity index (χ1n) is 10.8. The van der Waals surface area contributed by atoms with Crippen molar-refractivity contribution >= 4 is 52.4 Å². The monoisotopic (exact) mass is 513 g/mol. The second-order valence-corrected chi connectivity index (χ2v) is 9.55. The Morgan fingerprint density at radius 3 is 2.29 bits per heavy atom. The van der Waals surface area contributed by atoms with Crippen LogP contribution in [0.25, 0.3) is 0 Å². The van der Waals surface area contributed by atoms with Crippen molar-refractivity contribution < 1.29 is 24.1 Å². The van der Waals surface area contributed by atoms with Gasteiger partial charge in [0.2, 0.25) is 0 Å². The minimum absolute atomic E-state index is 0.0173. The van der Waals surface area contributed by atoms with Gasteiger partial charge in [-0.25, -0.2) is 5.01 Å². The van der Waals surface area contributed by atoms with Gasteiger partial charge in [0.1, 0.15) is 6.54 Å². The smallest absolute Gasteiger partial charge is 0.274 e. The van der Waals surface area contributed by atoms with E-state index in [1.807, 2.05) is 12.2 Å². The maximum Gasteiger partial charge on any atom is 0.274 e. The summed E-state index contributed by atoms with van der Waals surface area (Å²) in [6, 6.07) is 9.11. The molecule has 0 aromatic heterocycles. The summed E-state index contributed by atoms with van der Waals surface area (Å²) in [5.41, 5.74) is -0.401. The van der Waals surface area contributed by atoms with Crippen LogP contribution in [0, 0.1) is 33.8 Å². The Kier molecular flexibility index (Phi) is 5.69. The standard InChI is InChI=1S/C24H17Cl2N3O6/c25-15-6-7-17(18(26)10-15)22(31)27(11-19(30)12-2-1-3-16(9-12)29(34)35)28-23(32)20-13-4-5-14(8-13)21(20)24(28)33/h1-7,9-10,13-14,20-21H,8,11H2/t13-,14-,20+,21+/m0/s1. The number of ketones is 1. The lowest BCUT2D eigenvalue weighted by Crippen LogP contribution is -2.52. The second-order valence-electron chi connectivity index (χ2n) is 8.71. The van der Waals surface area contributed by atoms with Gasteiger partial charge < -0.3 is 0 Å². The van der Waals surface area contributed by atoms with Gasteiger partial charge in [-0.2, -0.15) is 5.01 Å². The largest absolute Gasteiger partial charge is 0.292 e. The molecule has 1 aliphatic heterocycles. The molecule has 35 heavy (non-hydrogen) atoms. The van der Waals surface area contributed by atoms with Crippen LogP contribution in [0.15, 0.2) is 54.6 Å². The van der Waals surface area contributed by atoms with Crippen molar-refractivity contribution in [2.24, 2.45) is 23.7 Å². The van der Waals surface area contributed by atoms with Crippen molar-refractivity contribution in [2.45, 2.75) is 6.42 Å². The molecule has 2 aromatic carbocycles. The normalized spacial score (nSPS) is 24.1. The highest BCUT2D eigenvalue weighted by molar-refractivity contribution is 6.36. The van der Waals surface area contributed by atoms with Gasteiger partial charge in [-0.1, -0.05) is 47.5 Å². The summed E-state index contributed by atoms with van der Waals surface area (Å²) in [6.07, 6.45) is 4.53. The zero-order chi connectivity index (χ0) is 25.0.